The Bertz CT molecular complexity index is 1090. The molecule has 1 atom stereocenters. The Morgan fingerprint density at radius 3 is 2.53 bits per heavy atom. The minimum Gasteiger partial charge on any atom is -0.493 e. The summed E-state index contributed by atoms with van der Waals surface area (Å²) in [7, 11) is 2.67. The zero-order valence-corrected chi connectivity index (χ0v) is 19.8. The number of imide groups is 1. The third-order valence-electron chi connectivity index (χ3n) is 4.60. The van der Waals surface area contributed by atoms with Crippen molar-refractivity contribution in [3.8, 4) is 11.5 Å². The van der Waals surface area contributed by atoms with E-state index in [1.807, 2.05) is 0 Å². The summed E-state index contributed by atoms with van der Waals surface area (Å²) in [5, 5.41) is -0.551. The molecule has 32 heavy (non-hydrogen) atoms. The van der Waals surface area contributed by atoms with E-state index >= 15 is 0 Å². The lowest BCUT2D eigenvalue weighted by molar-refractivity contribution is -0.148. The second-order valence-corrected chi connectivity index (χ2v) is 8.55. The average molecular weight is 524 g/mol. The molecule has 2 aromatic rings. The SMILES string of the molecule is COC(=O)[C@H](C)N1C(=O)S/C(=C/c2cc(Br)c(OCc3ccc(F)cc3)c(OC)c2)C1=O. The van der Waals surface area contributed by atoms with Crippen LogP contribution in [0.5, 0.6) is 11.5 Å². The van der Waals surface area contributed by atoms with E-state index in [9.17, 15) is 18.8 Å². The van der Waals surface area contributed by atoms with Crippen LogP contribution in [0.2, 0.25) is 0 Å². The van der Waals surface area contributed by atoms with Crippen LogP contribution in [0.15, 0.2) is 45.8 Å². The third kappa shape index (κ3) is 5.13. The van der Waals surface area contributed by atoms with Crippen molar-refractivity contribution in [1.82, 2.24) is 4.90 Å². The summed E-state index contributed by atoms with van der Waals surface area (Å²) in [6.45, 7) is 1.62. The molecule has 1 aliphatic heterocycles. The predicted octanol–water partition coefficient (Wildman–Crippen LogP) is 4.77. The van der Waals surface area contributed by atoms with Crippen molar-refractivity contribution in [3.63, 3.8) is 0 Å². The Labute approximate surface area is 196 Å². The van der Waals surface area contributed by atoms with E-state index in [0.717, 1.165) is 22.2 Å². The number of nitrogens with zero attached hydrogens (tertiary/aromatic N) is 1. The van der Waals surface area contributed by atoms with Crippen LogP contribution >= 0.6 is 27.7 Å². The molecule has 1 fully saturated rings. The van der Waals surface area contributed by atoms with Gasteiger partial charge in [0, 0.05) is 0 Å². The summed E-state index contributed by atoms with van der Waals surface area (Å²) >= 11 is 4.18. The first-order valence-electron chi connectivity index (χ1n) is 9.34. The first-order valence-corrected chi connectivity index (χ1v) is 11.0. The van der Waals surface area contributed by atoms with Gasteiger partial charge < -0.3 is 14.2 Å². The van der Waals surface area contributed by atoms with Crippen molar-refractivity contribution in [2.75, 3.05) is 14.2 Å². The molecule has 7 nitrogen and oxygen atoms in total. The monoisotopic (exact) mass is 523 g/mol. The minimum absolute atomic E-state index is 0.166. The van der Waals surface area contributed by atoms with E-state index in [2.05, 4.69) is 20.7 Å². The van der Waals surface area contributed by atoms with E-state index in [1.54, 1.807) is 24.3 Å². The number of amides is 2. The molecule has 0 bridgehead atoms. The average Bonchev–Trinajstić information content (AvgIpc) is 3.05. The Hall–Kier alpha value is -2.85. The van der Waals surface area contributed by atoms with Crippen LogP contribution in [0.25, 0.3) is 6.08 Å². The maximum Gasteiger partial charge on any atom is 0.328 e. The summed E-state index contributed by atoms with van der Waals surface area (Å²) in [5.74, 6) is -0.760. The van der Waals surface area contributed by atoms with Gasteiger partial charge >= 0.3 is 5.97 Å². The Morgan fingerprint density at radius 2 is 1.91 bits per heavy atom. The zero-order valence-electron chi connectivity index (χ0n) is 17.4. The summed E-state index contributed by atoms with van der Waals surface area (Å²) < 4.78 is 29.5. The predicted molar refractivity (Wildman–Crippen MR) is 121 cm³/mol. The van der Waals surface area contributed by atoms with Gasteiger partial charge in [-0.25, -0.2) is 9.18 Å². The highest BCUT2D eigenvalue weighted by molar-refractivity contribution is 9.10. The largest absolute Gasteiger partial charge is 0.493 e. The van der Waals surface area contributed by atoms with Crippen LogP contribution in [-0.4, -0.2) is 42.3 Å². The van der Waals surface area contributed by atoms with E-state index in [1.165, 1.54) is 39.4 Å². The molecule has 0 saturated carbocycles. The van der Waals surface area contributed by atoms with Crippen molar-refractivity contribution in [3.05, 3.63) is 62.7 Å². The van der Waals surface area contributed by atoms with E-state index in [4.69, 9.17) is 9.47 Å². The number of hydrogen-bond donors (Lipinski definition) is 0. The number of methoxy groups -OCH3 is 2. The molecule has 0 radical (unpaired) electrons. The topological polar surface area (TPSA) is 82.1 Å². The molecule has 168 valence electrons. The number of esters is 1. The van der Waals surface area contributed by atoms with Crippen LogP contribution in [0.1, 0.15) is 18.1 Å². The highest BCUT2D eigenvalue weighted by atomic mass is 79.9. The number of ether oxygens (including phenoxy) is 3. The fraction of sp³-hybridized carbons (Fsp3) is 0.227. The van der Waals surface area contributed by atoms with Crippen LogP contribution in [0, 0.1) is 5.82 Å². The highest BCUT2D eigenvalue weighted by Crippen LogP contribution is 2.39. The fourth-order valence-corrected chi connectivity index (χ4v) is 4.42. The Kier molecular flexibility index (Phi) is 7.57. The number of thioether (sulfide) groups is 1. The first kappa shape index (κ1) is 23.8. The second-order valence-electron chi connectivity index (χ2n) is 6.70. The van der Waals surface area contributed by atoms with Crippen molar-refractivity contribution >= 4 is 50.9 Å². The van der Waals surface area contributed by atoms with Crippen molar-refractivity contribution < 1.29 is 33.0 Å². The molecule has 1 heterocycles. The van der Waals surface area contributed by atoms with Gasteiger partial charge in [0.1, 0.15) is 18.5 Å². The van der Waals surface area contributed by atoms with Crippen molar-refractivity contribution in [1.29, 1.82) is 0 Å². The van der Waals surface area contributed by atoms with Gasteiger partial charge in [-0.1, -0.05) is 12.1 Å². The Balaban J connectivity index is 1.83. The number of rotatable bonds is 7. The maximum absolute atomic E-state index is 13.1. The van der Waals surface area contributed by atoms with Gasteiger partial charge in [-0.05, 0) is 76.1 Å². The summed E-state index contributed by atoms with van der Waals surface area (Å²) in [6, 6.07) is 8.28. The quantitative estimate of drug-likeness (QED) is 0.381. The summed E-state index contributed by atoms with van der Waals surface area (Å²) in [5.41, 5.74) is 1.36. The lowest BCUT2D eigenvalue weighted by Gasteiger charge is -2.18. The van der Waals surface area contributed by atoms with Crippen molar-refractivity contribution in [2.45, 2.75) is 19.6 Å². The van der Waals surface area contributed by atoms with Crippen LogP contribution in [0.3, 0.4) is 0 Å². The molecule has 0 unspecified atom stereocenters. The molecule has 0 aliphatic carbocycles. The van der Waals surface area contributed by atoms with Gasteiger partial charge in [-0.15, -0.1) is 0 Å². The molecule has 3 rings (SSSR count). The molecule has 1 saturated heterocycles. The Morgan fingerprint density at radius 1 is 1.22 bits per heavy atom. The van der Waals surface area contributed by atoms with Gasteiger partial charge in [0.25, 0.3) is 11.1 Å². The first-order chi connectivity index (χ1) is 15.2. The van der Waals surface area contributed by atoms with E-state index < -0.39 is 23.2 Å². The van der Waals surface area contributed by atoms with Crippen LogP contribution in [0.4, 0.5) is 9.18 Å². The van der Waals surface area contributed by atoms with Gasteiger partial charge in [-0.2, -0.15) is 0 Å². The molecule has 2 aromatic carbocycles. The smallest absolute Gasteiger partial charge is 0.328 e. The van der Waals surface area contributed by atoms with Gasteiger partial charge in [0.05, 0.1) is 23.6 Å². The number of benzene rings is 2. The number of carbonyl (C=O) groups excluding carboxylic acids is 3. The molecular weight excluding hydrogens is 505 g/mol. The van der Waals surface area contributed by atoms with Crippen molar-refractivity contribution in [2.24, 2.45) is 0 Å². The molecule has 0 N–H and O–H groups in total. The molecule has 10 heteroatoms. The highest BCUT2D eigenvalue weighted by Gasteiger charge is 2.41. The van der Waals surface area contributed by atoms with Gasteiger partial charge in [0.2, 0.25) is 0 Å². The summed E-state index contributed by atoms with van der Waals surface area (Å²) in [6.07, 6.45) is 1.53. The lowest BCUT2D eigenvalue weighted by Crippen LogP contribution is -2.42. The normalized spacial score (nSPS) is 15.8. The van der Waals surface area contributed by atoms with E-state index in [0.29, 0.717) is 21.5 Å². The maximum atomic E-state index is 13.1. The number of carbonyl (C=O) groups is 3. The zero-order chi connectivity index (χ0) is 23.4. The van der Waals surface area contributed by atoms with Crippen LogP contribution < -0.4 is 9.47 Å². The molecular formula is C22H19BrFNO6S. The molecule has 2 amide bonds. The molecule has 1 aliphatic rings. The molecule has 0 spiro atoms. The van der Waals surface area contributed by atoms with Crippen LogP contribution in [-0.2, 0) is 20.9 Å². The fourth-order valence-electron chi connectivity index (χ4n) is 2.94. The minimum atomic E-state index is -1.03. The van der Waals surface area contributed by atoms with E-state index in [-0.39, 0.29) is 17.3 Å². The second kappa shape index (κ2) is 10.2. The van der Waals surface area contributed by atoms with Gasteiger partial charge in [-0.3, -0.25) is 14.5 Å². The standard InChI is InChI=1S/C22H19BrFNO6S/c1-12(21(27)30-3)25-20(26)18(32-22(25)28)10-14-8-16(23)19(17(9-14)29-2)31-11-13-4-6-15(24)7-5-13/h4-10,12H,11H2,1-3H3/b18-10+/t12-/m0/s1. The lowest BCUT2D eigenvalue weighted by atomic mass is 10.1. The molecule has 0 aromatic heterocycles. The third-order valence-corrected chi connectivity index (χ3v) is 6.07. The number of halogens is 2. The summed E-state index contributed by atoms with van der Waals surface area (Å²) in [4.78, 5) is 37.7. The van der Waals surface area contributed by atoms with Gasteiger partial charge in [0.15, 0.2) is 11.5 Å². The number of hydrogen-bond acceptors (Lipinski definition) is 7.